The molecule has 3 aromatic rings. The van der Waals surface area contributed by atoms with Gasteiger partial charge in [0.05, 0.1) is 18.0 Å². The Labute approximate surface area is 155 Å². The number of anilines is 2. The minimum atomic E-state index is -0.398. The molecule has 0 aliphatic carbocycles. The van der Waals surface area contributed by atoms with Gasteiger partial charge in [-0.05, 0) is 13.8 Å². The SMILES string of the molecule is CC(C)Oc1ccncc1NC(=O)c1c(N)nn2cc3c(nc12)CCNC3. The van der Waals surface area contributed by atoms with Crippen molar-refractivity contribution in [3.63, 3.8) is 0 Å². The lowest BCUT2D eigenvalue weighted by Gasteiger charge is -2.16. The maximum absolute atomic E-state index is 12.9. The smallest absolute Gasteiger partial charge is 0.263 e. The van der Waals surface area contributed by atoms with Crippen molar-refractivity contribution in [2.75, 3.05) is 17.6 Å². The van der Waals surface area contributed by atoms with Crippen molar-refractivity contribution < 1.29 is 9.53 Å². The highest BCUT2D eigenvalue weighted by Crippen LogP contribution is 2.26. The minimum absolute atomic E-state index is 0.0353. The monoisotopic (exact) mass is 367 g/mol. The number of ether oxygens (including phenoxy) is 1. The van der Waals surface area contributed by atoms with Crippen LogP contribution in [-0.2, 0) is 13.0 Å². The van der Waals surface area contributed by atoms with Crippen LogP contribution in [0.5, 0.6) is 5.75 Å². The van der Waals surface area contributed by atoms with Crippen LogP contribution in [0.1, 0.15) is 35.5 Å². The molecule has 4 rings (SSSR count). The predicted molar refractivity (Wildman–Crippen MR) is 101 cm³/mol. The lowest BCUT2D eigenvalue weighted by Crippen LogP contribution is -2.25. The molecule has 27 heavy (non-hydrogen) atoms. The topological polar surface area (TPSA) is 119 Å². The second-order valence-corrected chi connectivity index (χ2v) is 6.66. The highest BCUT2D eigenvalue weighted by atomic mass is 16.5. The van der Waals surface area contributed by atoms with E-state index in [0.717, 1.165) is 30.8 Å². The van der Waals surface area contributed by atoms with E-state index >= 15 is 0 Å². The Kier molecular flexibility index (Phi) is 4.36. The van der Waals surface area contributed by atoms with E-state index in [-0.39, 0.29) is 17.5 Å². The highest BCUT2D eigenvalue weighted by molar-refractivity contribution is 6.12. The second-order valence-electron chi connectivity index (χ2n) is 6.66. The van der Waals surface area contributed by atoms with Crippen LogP contribution in [0, 0.1) is 0 Å². The number of nitrogens with one attached hydrogen (secondary N) is 2. The van der Waals surface area contributed by atoms with Crippen molar-refractivity contribution in [3.05, 3.63) is 41.5 Å². The molecule has 0 radical (unpaired) electrons. The number of nitrogens with zero attached hydrogens (tertiary/aromatic N) is 4. The fourth-order valence-electron chi connectivity index (χ4n) is 3.09. The zero-order valence-electron chi connectivity index (χ0n) is 15.2. The molecule has 4 N–H and O–H groups in total. The molecule has 140 valence electrons. The van der Waals surface area contributed by atoms with E-state index in [1.165, 1.54) is 0 Å². The number of amides is 1. The number of carbonyl (C=O) groups excluding carboxylic acids is 1. The van der Waals surface area contributed by atoms with E-state index in [1.54, 1.807) is 23.0 Å². The van der Waals surface area contributed by atoms with Gasteiger partial charge in [-0.1, -0.05) is 0 Å². The third-order valence-corrected chi connectivity index (χ3v) is 4.27. The van der Waals surface area contributed by atoms with Gasteiger partial charge in [0, 0.05) is 43.5 Å². The summed E-state index contributed by atoms with van der Waals surface area (Å²) in [6.07, 6.45) is 5.78. The standard InChI is InChI=1S/C18H21N7O2/c1-10(2)27-14-4-6-21-8-13(14)23-18(26)15-16(19)24-25-9-11-7-20-5-3-12(11)22-17(15)25/h4,6,8-10,20H,3,5,7H2,1-2H3,(H2,19,24)(H,23,26). The highest BCUT2D eigenvalue weighted by Gasteiger charge is 2.23. The van der Waals surface area contributed by atoms with Gasteiger partial charge in [-0.15, -0.1) is 5.10 Å². The van der Waals surface area contributed by atoms with Gasteiger partial charge in [0.25, 0.3) is 5.91 Å². The number of carbonyl (C=O) groups is 1. The van der Waals surface area contributed by atoms with Crippen molar-refractivity contribution in [1.29, 1.82) is 0 Å². The van der Waals surface area contributed by atoms with Crippen LogP contribution >= 0.6 is 0 Å². The van der Waals surface area contributed by atoms with E-state index in [2.05, 4.69) is 25.7 Å². The number of aromatic nitrogens is 4. The quantitative estimate of drug-likeness (QED) is 0.637. The van der Waals surface area contributed by atoms with E-state index in [0.29, 0.717) is 17.1 Å². The van der Waals surface area contributed by atoms with E-state index in [4.69, 9.17) is 10.5 Å². The largest absolute Gasteiger partial charge is 0.489 e. The molecule has 0 aromatic carbocycles. The van der Waals surface area contributed by atoms with Crippen molar-refractivity contribution in [2.45, 2.75) is 32.9 Å². The Morgan fingerprint density at radius 1 is 1.44 bits per heavy atom. The summed E-state index contributed by atoms with van der Waals surface area (Å²) in [6, 6.07) is 1.71. The molecule has 9 nitrogen and oxygen atoms in total. The van der Waals surface area contributed by atoms with Gasteiger partial charge in [-0.3, -0.25) is 9.78 Å². The maximum Gasteiger partial charge on any atom is 0.263 e. The first-order valence-electron chi connectivity index (χ1n) is 8.82. The van der Waals surface area contributed by atoms with E-state index in [1.807, 2.05) is 20.0 Å². The van der Waals surface area contributed by atoms with Gasteiger partial charge in [0.15, 0.2) is 11.5 Å². The van der Waals surface area contributed by atoms with Crippen LogP contribution in [-0.4, -0.2) is 38.1 Å². The summed E-state index contributed by atoms with van der Waals surface area (Å²) >= 11 is 0. The number of nitrogens with two attached hydrogens (primary N) is 1. The summed E-state index contributed by atoms with van der Waals surface area (Å²) in [5.74, 6) is 0.274. The number of pyridine rings is 1. The van der Waals surface area contributed by atoms with Crippen molar-refractivity contribution >= 4 is 23.1 Å². The van der Waals surface area contributed by atoms with Gasteiger partial charge in [-0.2, -0.15) is 0 Å². The number of hydrogen-bond donors (Lipinski definition) is 3. The molecule has 0 bridgehead atoms. The minimum Gasteiger partial charge on any atom is -0.489 e. The molecule has 9 heteroatoms. The number of hydrogen-bond acceptors (Lipinski definition) is 7. The number of rotatable bonds is 4. The van der Waals surface area contributed by atoms with Crippen LogP contribution in [0.3, 0.4) is 0 Å². The molecule has 0 spiro atoms. The molecule has 1 aliphatic rings. The van der Waals surface area contributed by atoms with Crippen molar-refractivity contribution in [1.82, 2.24) is 24.9 Å². The number of fused-ring (bicyclic) bond motifs is 2. The molecule has 4 heterocycles. The Balaban J connectivity index is 1.70. The van der Waals surface area contributed by atoms with Crippen molar-refractivity contribution in [2.24, 2.45) is 0 Å². The van der Waals surface area contributed by atoms with Crippen LogP contribution in [0.4, 0.5) is 11.5 Å². The van der Waals surface area contributed by atoms with Gasteiger partial charge >= 0.3 is 0 Å². The summed E-state index contributed by atoms with van der Waals surface area (Å²) in [5, 5.41) is 10.4. The number of nitrogen functional groups attached to an aromatic ring is 1. The summed E-state index contributed by atoms with van der Waals surface area (Å²) in [4.78, 5) is 21.6. The molecular formula is C18H21N7O2. The molecular weight excluding hydrogens is 346 g/mol. The summed E-state index contributed by atoms with van der Waals surface area (Å²) < 4.78 is 7.29. The lowest BCUT2D eigenvalue weighted by atomic mass is 10.1. The van der Waals surface area contributed by atoms with Gasteiger partial charge in [0.2, 0.25) is 0 Å². The van der Waals surface area contributed by atoms with Gasteiger partial charge in [0.1, 0.15) is 17.0 Å². The second kappa shape index (κ2) is 6.84. The van der Waals surface area contributed by atoms with E-state index in [9.17, 15) is 4.79 Å². The Morgan fingerprint density at radius 3 is 3.11 bits per heavy atom. The van der Waals surface area contributed by atoms with Crippen LogP contribution in [0.25, 0.3) is 5.65 Å². The third kappa shape index (κ3) is 3.28. The first kappa shape index (κ1) is 17.2. The molecule has 0 saturated heterocycles. The summed E-state index contributed by atoms with van der Waals surface area (Å²) in [5.41, 5.74) is 9.21. The molecule has 0 saturated carbocycles. The molecule has 0 fully saturated rings. The fraction of sp³-hybridized carbons (Fsp3) is 0.333. The average molecular weight is 367 g/mol. The van der Waals surface area contributed by atoms with Crippen molar-refractivity contribution in [3.8, 4) is 5.75 Å². The Morgan fingerprint density at radius 2 is 2.30 bits per heavy atom. The van der Waals surface area contributed by atoms with Crippen LogP contribution < -0.4 is 21.1 Å². The van der Waals surface area contributed by atoms with Gasteiger partial charge in [-0.25, -0.2) is 9.50 Å². The van der Waals surface area contributed by atoms with Crippen LogP contribution in [0.2, 0.25) is 0 Å². The lowest BCUT2D eigenvalue weighted by molar-refractivity contribution is 0.102. The maximum atomic E-state index is 12.9. The normalized spacial score (nSPS) is 13.6. The molecule has 3 aromatic heterocycles. The summed E-state index contributed by atoms with van der Waals surface area (Å²) in [7, 11) is 0. The summed E-state index contributed by atoms with van der Waals surface area (Å²) in [6.45, 7) is 5.41. The fourth-order valence-corrected chi connectivity index (χ4v) is 3.09. The Hall–Kier alpha value is -3.20. The van der Waals surface area contributed by atoms with Gasteiger partial charge < -0.3 is 21.1 Å². The molecule has 0 atom stereocenters. The Bertz CT molecular complexity index is 1010. The molecule has 1 amide bonds. The first-order valence-corrected chi connectivity index (χ1v) is 8.82. The van der Waals surface area contributed by atoms with E-state index < -0.39 is 5.91 Å². The molecule has 1 aliphatic heterocycles. The first-order chi connectivity index (χ1) is 13.0. The zero-order valence-corrected chi connectivity index (χ0v) is 15.2. The zero-order chi connectivity index (χ0) is 19.0. The van der Waals surface area contributed by atoms with Crippen LogP contribution in [0.15, 0.2) is 24.7 Å². The predicted octanol–water partition coefficient (Wildman–Crippen LogP) is 1.39. The third-order valence-electron chi connectivity index (χ3n) is 4.27. The average Bonchev–Trinajstić information content (AvgIpc) is 2.95. The molecule has 0 unspecified atom stereocenters.